The lowest BCUT2D eigenvalue weighted by molar-refractivity contribution is -0.187. The summed E-state index contributed by atoms with van der Waals surface area (Å²) in [5, 5.41) is 8.78. The highest BCUT2D eigenvalue weighted by molar-refractivity contribution is 5.92. The Kier molecular flexibility index (Phi) is 5.08. The number of halogens is 3. The van der Waals surface area contributed by atoms with Crippen LogP contribution < -0.4 is 0 Å². The van der Waals surface area contributed by atoms with Gasteiger partial charge in [0, 0.05) is 19.2 Å². The Morgan fingerprint density at radius 2 is 1.87 bits per heavy atom. The van der Waals surface area contributed by atoms with Crippen molar-refractivity contribution in [1.29, 1.82) is 0 Å². The van der Waals surface area contributed by atoms with E-state index >= 15 is 0 Å². The van der Waals surface area contributed by atoms with E-state index in [-0.39, 0.29) is 18.5 Å². The van der Waals surface area contributed by atoms with Gasteiger partial charge in [-0.2, -0.15) is 13.2 Å². The molecular weight excluding hydrogens is 311 g/mol. The minimum Gasteiger partial charge on any atom is -0.478 e. The summed E-state index contributed by atoms with van der Waals surface area (Å²) in [6, 6.07) is 5.85. The Labute approximate surface area is 131 Å². The second-order valence-electron chi connectivity index (χ2n) is 5.43. The fourth-order valence-electron chi connectivity index (χ4n) is 2.45. The molecule has 2 rings (SSSR count). The van der Waals surface area contributed by atoms with Gasteiger partial charge in [-0.25, -0.2) is 4.79 Å². The van der Waals surface area contributed by atoms with Crippen molar-refractivity contribution in [1.82, 2.24) is 4.90 Å². The topological polar surface area (TPSA) is 57.6 Å². The molecule has 23 heavy (non-hydrogen) atoms. The van der Waals surface area contributed by atoms with E-state index in [1.54, 1.807) is 0 Å². The molecule has 1 unspecified atom stereocenters. The van der Waals surface area contributed by atoms with E-state index in [4.69, 9.17) is 5.11 Å². The van der Waals surface area contributed by atoms with Gasteiger partial charge in [0.25, 0.3) is 0 Å². The Morgan fingerprint density at radius 3 is 2.43 bits per heavy atom. The lowest BCUT2D eigenvalue weighted by Gasteiger charge is -2.33. The zero-order chi connectivity index (χ0) is 17.0. The van der Waals surface area contributed by atoms with Crippen molar-refractivity contribution >= 4 is 18.0 Å². The number of carbonyl (C=O) groups is 2. The number of likely N-dealkylation sites (tertiary alicyclic amines) is 1. The molecule has 1 saturated heterocycles. The van der Waals surface area contributed by atoms with Crippen LogP contribution in [0.2, 0.25) is 0 Å². The Hall–Kier alpha value is -2.31. The number of hydrogen-bond acceptors (Lipinski definition) is 2. The smallest absolute Gasteiger partial charge is 0.393 e. The fourth-order valence-corrected chi connectivity index (χ4v) is 2.45. The van der Waals surface area contributed by atoms with Crippen LogP contribution in [-0.4, -0.2) is 41.1 Å². The highest BCUT2D eigenvalue weighted by atomic mass is 19.4. The normalized spacial score (nSPS) is 19.1. The quantitative estimate of drug-likeness (QED) is 0.868. The average Bonchev–Trinajstić information content (AvgIpc) is 2.52. The largest absolute Gasteiger partial charge is 0.478 e. The maximum atomic E-state index is 12.7. The first-order chi connectivity index (χ1) is 10.8. The molecule has 0 aliphatic carbocycles. The number of rotatable bonds is 3. The molecule has 0 radical (unpaired) electrons. The van der Waals surface area contributed by atoms with Gasteiger partial charge in [-0.05, 0) is 36.6 Å². The van der Waals surface area contributed by atoms with E-state index in [9.17, 15) is 22.8 Å². The molecule has 1 amide bonds. The summed E-state index contributed by atoms with van der Waals surface area (Å²) < 4.78 is 38.2. The molecule has 1 fully saturated rings. The summed E-state index contributed by atoms with van der Waals surface area (Å²) in [6.45, 7) is -0.00166. The molecule has 4 nitrogen and oxygen atoms in total. The first-order valence-corrected chi connectivity index (χ1v) is 7.14. The third-order valence-electron chi connectivity index (χ3n) is 3.77. The Morgan fingerprint density at radius 1 is 1.22 bits per heavy atom. The molecule has 0 saturated carbocycles. The van der Waals surface area contributed by atoms with Crippen molar-refractivity contribution in [2.24, 2.45) is 5.92 Å². The standard InChI is InChI=1S/C16H16F3NO3/c17-16(18,19)13-2-1-9-20(10-13)14(21)8-5-11-3-6-12(7-4-11)15(22)23/h3-8,13H,1-2,9-10H2,(H,22,23). The predicted molar refractivity (Wildman–Crippen MR) is 77.8 cm³/mol. The van der Waals surface area contributed by atoms with Crippen molar-refractivity contribution in [2.45, 2.75) is 19.0 Å². The third-order valence-corrected chi connectivity index (χ3v) is 3.77. The van der Waals surface area contributed by atoms with Crippen molar-refractivity contribution < 1.29 is 27.9 Å². The molecule has 124 valence electrons. The fraction of sp³-hybridized carbons (Fsp3) is 0.375. The number of carbonyl (C=O) groups excluding carboxylic acids is 1. The van der Waals surface area contributed by atoms with Gasteiger partial charge in [0.1, 0.15) is 0 Å². The molecule has 1 aliphatic rings. The van der Waals surface area contributed by atoms with E-state index in [2.05, 4.69) is 0 Å². The minimum absolute atomic E-state index is 0.0493. The van der Waals surface area contributed by atoms with Crippen molar-refractivity contribution in [3.05, 3.63) is 41.5 Å². The van der Waals surface area contributed by atoms with Crippen LogP contribution in [0.5, 0.6) is 0 Å². The molecule has 1 aromatic rings. The number of carboxylic acids is 1. The van der Waals surface area contributed by atoms with Crippen molar-refractivity contribution in [2.75, 3.05) is 13.1 Å². The molecule has 1 N–H and O–H groups in total. The summed E-state index contributed by atoms with van der Waals surface area (Å²) in [4.78, 5) is 23.9. The van der Waals surface area contributed by atoms with Gasteiger partial charge in [-0.1, -0.05) is 12.1 Å². The molecule has 7 heteroatoms. The monoisotopic (exact) mass is 327 g/mol. The molecule has 0 spiro atoms. The lowest BCUT2D eigenvalue weighted by atomic mass is 9.97. The van der Waals surface area contributed by atoms with Crippen LogP contribution in [0.4, 0.5) is 13.2 Å². The lowest BCUT2D eigenvalue weighted by Crippen LogP contribution is -2.44. The number of hydrogen-bond donors (Lipinski definition) is 1. The maximum Gasteiger partial charge on any atom is 0.393 e. The first kappa shape index (κ1) is 17.1. The van der Waals surface area contributed by atoms with Gasteiger partial charge < -0.3 is 10.0 Å². The predicted octanol–water partition coefficient (Wildman–Crippen LogP) is 3.20. The van der Waals surface area contributed by atoms with E-state index in [0.29, 0.717) is 18.5 Å². The van der Waals surface area contributed by atoms with Crippen LogP contribution in [0.3, 0.4) is 0 Å². The van der Waals surface area contributed by atoms with E-state index < -0.39 is 24.0 Å². The molecular formula is C16H16F3NO3. The molecule has 0 bridgehead atoms. The summed E-state index contributed by atoms with van der Waals surface area (Å²) in [5.41, 5.74) is 0.727. The number of amides is 1. The molecule has 1 heterocycles. The first-order valence-electron chi connectivity index (χ1n) is 7.14. The summed E-state index contributed by atoms with van der Waals surface area (Å²) in [7, 11) is 0. The van der Waals surface area contributed by atoms with Gasteiger partial charge in [-0.15, -0.1) is 0 Å². The summed E-state index contributed by atoms with van der Waals surface area (Å²) >= 11 is 0. The Balaban J connectivity index is 1.99. The third kappa shape index (κ3) is 4.58. The van der Waals surface area contributed by atoms with Crippen LogP contribution in [0.25, 0.3) is 6.08 Å². The number of alkyl halides is 3. The number of aromatic carboxylic acids is 1. The summed E-state index contributed by atoms with van der Waals surface area (Å²) in [5.74, 6) is -2.99. The maximum absolute atomic E-state index is 12.7. The highest BCUT2D eigenvalue weighted by Gasteiger charge is 2.42. The SMILES string of the molecule is O=C(O)c1ccc(C=CC(=O)N2CCCC(C(F)(F)F)C2)cc1. The average molecular weight is 327 g/mol. The van der Waals surface area contributed by atoms with Crippen molar-refractivity contribution in [3.63, 3.8) is 0 Å². The Bertz CT molecular complexity index is 608. The zero-order valence-electron chi connectivity index (χ0n) is 12.2. The second kappa shape index (κ2) is 6.85. The van der Waals surface area contributed by atoms with Crippen LogP contribution in [0.15, 0.2) is 30.3 Å². The van der Waals surface area contributed by atoms with Crippen LogP contribution >= 0.6 is 0 Å². The van der Waals surface area contributed by atoms with Gasteiger partial charge in [-0.3, -0.25) is 4.79 Å². The number of benzene rings is 1. The molecule has 1 aromatic carbocycles. The zero-order valence-corrected chi connectivity index (χ0v) is 12.2. The van der Waals surface area contributed by atoms with E-state index in [1.807, 2.05) is 0 Å². The van der Waals surface area contributed by atoms with E-state index in [1.165, 1.54) is 41.3 Å². The van der Waals surface area contributed by atoms with Gasteiger partial charge in [0.05, 0.1) is 11.5 Å². The number of nitrogens with zero attached hydrogens (tertiary/aromatic N) is 1. The van der Waals surface area contributed by atoms with Crippen LogP contribution in [-0.2, 0) is 4.79 Å². The van der Waals surface area contributed by atoms with E-state index in [0.717, 1.165) is 0 Å². The number of carboxylic acid groups (broad SMARTS) is 1. The summed E-state index contributed by atoms with van der Waals surface area (Å²) in [6.07, 6.45) is -1.22. The van der Waals surface area contributed by atoms with Crippen molar-refractivity contribution in [3.8, 4) is 0 Å². The van der Waals surface area contributed by atoms with Crippen LogP contribution in [0.1, 0.15) is 28.8 Å². The number of piperidine rings is 1. The highest BCUT2D eigenvalue weighted by Crippen LogP contribution is 2.33. The van der Waals surface area contributed by atoms with Gasteiger partial charge in [0.15, 0.2) is 0 Å². The molecule has 1 atom stereocenters. The second-order valence-corrected chi connectivity index (χ2v) is 5.43. The molecule has 1 aliphatic heterocycles. The molecule has 0 aromatic heterocycles. The van der Waals surface area contributed by atoms with Gasteiger partial charge in [0.2, 0.25) is 5.91 Å². The van der Waals surface area contributed by atoms with Crippen LogP contribution in [0, 0.1) is 5.92 Å². The van der Waals surface area contributed by atoms with Gasteiger partial charge >= 0.3 is 12.1 Å². The minimum atomic E-state index is -4.28.